The number of ether oxygens (including phenoxy) is 1. The Morgan fingerprint density at radius 3 is 2.66 bits per heavy atom. The molecule has 1 fully saturated rings. The van der Waals surface area contributed by atoms with Crippen molar-refractivity contribution in [2.24, 2.45) is 0 Å². The number of nitrogens with zero attached hydrogens (tertiary/aromatic N) is 3. The number of hydrogen-bond acceptors (Lipinski definition) is 12. The summed E-state index contributed by atoms with van der Waals surface area (Å²) in [6.07, 6.45) is -4.73. The van der Waals surface area contributed by atoms with Gasteiger partial charge in [-0.1, -0.05) is 0 Å². The topological polar surface area (TPSA) is 261 Å². The van der Waals surface area contributed by atoms with Crippen LogP contribution in [0, 0.1) is 0 Å². The Kier molecular flexibility index (Phi) is 8.70. The first-order valence-electron chi connectivity index (χ1n) is 9.83. The zero-order valence-corrected chi connectivity index (χ0v) is 20.3. The summed E-state index contributed by atoms with van der Waals surface area (Å²) in [5.74, 6) is -2.36. The lowest BCUT2D eigenvalue weighted by atomic mass is 10.1. The van der Waals surface area contributed by atoms with Gasteiger partial charge in [0, 0.05) is 6.54 Å². The molecule has 1 aliphatic rings. The van der Waals surface area contributed by atoms with E-state index < -0.39 is 70.3 Å². The number of alkyl halides is 1. The molecule has 3 rings (SSSR count). The summed E-state index contributed by atoms with van der Waals surface area (Å²) >= 11 is 5.28. The number of carbonyl (C=O) groups is 1. The zero-order chi connectivity index (χ0) is 26.0. The summed E-state index contributed by atoms with van der Waals surface area (Å²) in [4.78, 5) is 52.7. The molecule has 1 amide bonds. The van der Waals surface area contributed by atoms with Gasteiger partial charge < -0.3 is 44.8 Å². The van der Waals surface area contributed by atoms with Gasteiger partial charge in [0.1, 0.15) is 24.2 Å². The van der Waals surface area contributed by atoms with Gasteiger partial charge in [0.05, 0.1) is 19.5 Å². The van der Waals surface area contributed by atoms with E-state index in [9.17, 15) is 38.7 Å². The molecule has 20 heteroatoms. The molecule has 0 radical (unpaired) electrons. The smallest absolute Gasteiger partial charge is 0.340 e. The largest absolute Gasteiger partial charge is 0.387 e. The molecule has 1 aliphatic heterocycles. The molecule has 0 aliphatic carbocycles. The van der Waals surface area contributed by atoms with E-state index in [-0.39, 0.29) is 29.5 Å². The maximum absolute atomic E-state index is 12.3. The Labute approximate surface area is 201 Å². The van der Waals surface area contributed by atoms with Crippen LogP contribution in [0.25, 0.3) is 11.2 Å². The highest BCUT2D eigenvalue weighted by atomic mass is 35.5. The minimum atomic E-state index is -4.73. The van der Waals surface area contributed by atoms with Gasteiger partial charge >= 0.3 is 15.2 Å². The highest BCUT2D eigenvalue weighted by Crippen LogP contribution is 2.58. The van der Waals surface area contributed by atoms with Crippen LogP contribution in [0.3, 0.4) is 0 Å². The second kappa shape index (κ2) is 11.0. The number of H-pyrrole nitrogens is 1. The third-order valence-corrected chi connectivity index (χ3v) is 8.94. The maximum atomic E-state index is 12.3. The molecule has 0 aromatic carbocycles. The van der Waals surface area contributed by atoms with Gasteiger partial charge in [-0.25, -0.2) is 4.98 Å². The number of aliphatic hydroxyl groups is 2. The van der Waals surface area contributed by atoms with Crippen molar-refractivity contribution in [1.29, 1.82) is 0 Å². The highest BCUT2D eigenvalue weighted by Gasteiger charge is 2.46. The molecule has 6 atom stereocenters. The van der Waals surface area contributed by atoms with Crippen LogP contribution in [0.1, 0.15) is 6.23 Å². The number of aliphatic hydroxyl groups excluding tert-OH is 2. The fourth-order valence-corrected chi connectivity index (χ4v) is 6.46. The molecule has 17 nitrogen and oxygen atoms in total. The van der Waals surface area contributed by atoms with Crippen molar-refractivity contribution in [3.8, 4) is 0 Å². The number of aromatic amines is 1. The van der Waals surface area contributed by atoms with Crippen LogP contribution in [0.2, 0.25) is 0 Å². The Morgan fingerprint density at radius 1 is 1.29 bits per heavy atom. The molecule has 2 aromatic rings. The summed E-state index contributed by atoms with van der Waals surface area (Å²) in [6.45, 7) is -1.35. The van der Waals surface area contributed by atoms with Gasteiger partial charge in [0.25, 0.3) is 5.56 Å². The summed E-state index contributed by atoms with van der Waals surface area (Å²) < 4.78 is 40.5. The predicted molar refractivity (Wildman–Crippen MR) is 119 cm³/mol. The Bertz CT molecular complexity index is 1220. The number of imidazole rings is 1. The van der Waals surface area contributed by atoms with E-state index in [0.29, 0.717) is 0 Å². The van der Waals surface area contributed by atoms with E-state index in [1.165, 1.54) is 0 Å². The maximum Gasteiger partial charge on any atom is 0.340 e. The van der Waals surface area contributed by atoms with Crippen molar-refractivity contribution < 1.29 is 47.7 Å². The van der Waals surface area contributed by atoms with Gasteiger partial charge in [-0.15, -0.1) is 11.6 Å². The monoisotopic (exact) mass is 560 g/mol. The predicted octanol–water partition coefficient (Wildman–Crippen LogP) is -1.96. The number of nitrogens with two attached hydrogens (primary N) is 1. The van der Waals surface area contributed by atoms with Crippen LogP contribution in [0.15, 0.2) is 11.1 Å². The van der Waals surface area contributed by atoms with Crippen molar-refractivity contribution in [2.75, 3.05) is 37.3 Å². The first-order valence-corrected chi connectivity index (χ1v) is 13.9. The molecule has 2 aromatic heterocycles. The molecular formula is C15H23ClN6O11P2. The van der Waals surface area contributed by atoms with E-state index in [1.807, 2.05) is 0 Å². The van der Waals surface area contributed by atoms with Gasteiger partial charge in [-0.2, -0.15) is 4.98 Å². The fourth-order valence-electron chi connectivity index (χ4n) is 3.15. The minimum Gasteiger partial charge on any atom is -0.387 e. The highest BCUT2D eigenvalue weighted by molar-refractivity contribution is 7.70. The molecular weight excluding hydrogens is 538 g/mol. The Morgan fingerprint density at radius 2 is 1.97 bits per heavy atom. The average Bonchev–Trinajstić information content (AvgIpc) is 3.30. The number of halogens is 1. The normalized spacial score (nSPS) is 25.9. The molecule has 1 saturated heterocycles. The Hall–Kier alpha value is -1.91. The van der Waals surface area contributed by atoms with Gasteiger partial charge in [-0.05, 0) is 0 Å². The van der Waals surface area contributed by atoms with Crippen LogP contribution in [0.5, 0.6) is 0 Å². The number of hydrogen-bond donors (Lipinski definition) is 7. The van der Waals surface area contributed by atoms with Crippen LogP contribution in [0.4, 0.5) is 5.95 Å². The lowest BCUT2D eigenvalue weighted by Gasteiger charge is -2.19. The number of anilines is 1. The molecule has 35 heavy (non-hydrogen) atoms. The van der Waals surface area contributed by atoms with Crippen LogP contribution >= 0.6 is 26.8 Å². The first kappa shape index (κ1) is 27.7. The van der Waals surface area contributed by atoms with E-state index in [0.717, 1.165) is 10.9 Å². The van der Waals surface area contributed by atoms with E-state index in [4.69, 9.17) is 26.6 Å². The number of fused-ring (bicyclic) bond motifs is 1. The first-order chi connectivity index (χ1) is 16.3. The van der Waals surface area contributed by atoms with Gasteiger partial charge in [-0.3, -0.25) is 28.3 Å². The average molecular weight is 561 g/mol. The number of carbonyl (C=O) groups excluding carboxylic acids is 1. The lowest BCUT2D eigenvalue weighted by Crippen LogP contribution is -2.33. The third-order valence-electron chi connectivity index (χ3n) is 4.70. The number of nitrogens with one attached hydrogen (secondary N) is 2. The van der Waals surface area contributed by atoms with Crippen LogP contribution in [-0.4, -0.2) is 95.3 Å². The second-order valence-electron chi connectivity index (χ2n) is 7.35. The SMILES string of the molecule is Nc1nc2c(ncn2[C@@H]2O[C@H](COP(=O)(O)CP(=O)(O)OCCNC(=O)CCl)[C@@H](O)[C@H]2O)c(=O)[nH]1. The molecule has 0 bridgehead atoms. The molecule has 2 unspecified atom stereocenters. The summed E-state index contributed by atoms with van der Waals surface area (Å²) in [5, 5.41) is 23.0. The van der Waals surface area contributed by atoms with Crippen molar-refractivity contribution in [2.45, 2.75) is 24.5 Å². The molecule has 3 heterocycles. The molecule has 0 spiro atoms. The number of rotatable bonds is 11. The van der Waals surface area contributed by atoms with Crippen LogP contribution < -0.4 is 16.6 Å². The summed E-state index contributed by atoms with van der Waals surface area (Å²) in [5.41, 5.74) is 4.74. The minimum absolute atomic E-state index is 0.0440. The molecule has 196 valence electrons. The zero-order valence-electron chi connectivity index (χ0n) is 17.8. The van der Waals surface area contributed by atoms with E-state index in [2.05, 4.69) is 24.8 Å². The van der Waals surface area contributed by atoms with Crippen molar-refractivity contribution in [1.82, 2.24) is 24.8 Å². The summed E-state index contributed by atoms with van der Waals surface area (Å²) in [7, 11) is -9.33. The lowest BCUT2D eigenvalue weighted by molar-refractivity contribution is -0.118. The Balaban J connectivity index is 1.60. The number of amides is 1. The van der Waals surface area contributed by atoms with E-state index in [1.54, 1.807) is 0 Å². The van der Waals surface area contributed by atoms with E-state index >= 15 is 0 Å². The van der Waals surface area contributed by atoms with Gasteiger partial charge in [0.2, 0.25) is 11.9 Å². The number of nitrogen functional groups attached to an aromatic ring is 1. The number of aromatic nitrogens is 4. The molecule has 8 N–H and O–H groups in total. The quantitative estimate of drug-likeness (QED) is 0.0893. The standard InChI is InChI=1S/C15H23ClN6O11P2/c16-3-8(23)18-1-2-31-34(27,28)6-35(29,30)32-4-7-10(24)11(25)14(33-7)22-5-19-9-12(22)20-15(17)21-13(9)26/h5,7,10-11,14,24-25H,1-4,6H2,(H,18,23)(H,27,28)(H,29,30)(H3,17,20,21,26)/t7-,10-,11-,14-/m1/s1. The molecule has 0 saturated carbocycles. The van der Waals surface area contributed by atoms with Crippen LogP contribution in [-0.2, 0) is 27.7 Å². The fraction of sp³-hybridized carbons (Fsp3) is 0.600. The third kappa shape index (κ3) is 6.86. The van der Waals surface area contributed by atoms with Gasteiger partial charge in [0.15, 0.2) is 23.3 Å². The van der Waals surface area contributed by atoms with Crippen molar-refractivity contribution in [3.05, 3.63) is 16.7 Å². The van der Waals surface area contributed by atoms with Crippen molar-refractivity contribution >= 4 is 49.8 Å². The summed E-state index contributed by atoms with van der Waals surface area (Å²) in [6, 6.07) is 0. The van der Waals surface area contributed by atoms with Crippen molar-refractivity contribution in [3.63, 3.8) is 0 Å². The second-order valence-corrected chi connectivity index (χ2v) is 11.8.